The normalized spacial score (nSPS) is 36.5. The maximum absolute atomic E-state index is 13.0. The van der Waals surface area contributed by atoms with Crippen LogP contribution in [0.15, 0.2) is 42.6 Å². The minimum Gasteiger partial charge on any atom is -0.279 e. The van der Waals surface area contributed by atoms with Gasteiger partial charge in [0.25, 0.3) is 0 Å². The van der Waals surface area contributed by atoms with Gasteiger partial charge in [-0.1, -0.05) is 30.4 Å². The Hall–Kier alpha value is -2.56. The Morgan fingerprint density at radius 1 is 0.893 bits per heavy atom. The lowest BCUT2D eigenvalue weighted by atomic mass is 9.84. The molecule has 1 aromatic heterocycles. The summed E-state index contributed by atoms with van der Waals surface area (Å²) in [5.41, 5.74) is 0.982. The van der Waals surface area contributed by atoms with Crippen LogP contribution >= 0.6 is 0 Å². The molecule has 6 rings (SSSR count). The zero-order valence-corrected chi connectivity index (χ0v) is 15.7. The first-order chi connectivity index (χ1) is 13.7. The van der Waals surface area contributed by atoms with Gasteiger partial charge in [0.2, 0.25) is 11.8 Å². The van der Waals surface area contributed by atoms with E-state index in [1.54, 1.807) is 4.90 Å². The molecular weight excluding hydrogens is 350 g/mol. The van der Waals surface area contributed by atoms with Crippen LogP contribution < -0.4 is 0 Å². The minimum absolute atomic E-state index is 0.0571. The molecule has 5 nitrogen and oxygen atoms in total. The first-order valence-corrected chi connectivity index (χ1v) is 10.5. The topological polar surface area (TPSA) is 63.2 Å². The highest BCUT2D eigenvalue weighted by atomic mass is 16.2. The summed E-state index contributed by atoms with van der Waals surface area (Å²) in [5.74, 6) is 1.82. The van der Waals surface area contributed by atoms with Gasteiger partial charge in [0, 0.05) is 23.5 Å². The summed E-state index contributed by atoms with van der Waals surface area (Å²) in [6, 6.07) is 8.10. The van der Waals surface area contributed by atoms with Crippen molar-refractivity contribution in [3.05, 3.63) is 48.4 Å². The standard InChI is InChI=1S/C23H23N3O2/c27-22-19-14-5-6-15(11-14)20(19)23(28)26(22)17-9-7-13(8-10-17)21-24-12-16-3-1-2-4-18(16)25-21/h1-6,12-15,17,19-20H,7-11H2/t13?,14-,15-,17?,19-,20+/m0/s1. The number of imide groups is 1. The molecule has 142 valence electrons. The lowest BCUT2D eigenvalue weighted by Gasteiger charge is -2.33. The fraction of sp³-hybridized carbons (Fsp3) is 0.478. The molecule has 2 amide bonds. The molecule has 1 saturated heterocycles. The number of hydrogen-bond donors (Lipinski definition) is 0. The van der Waals surface area contributed by atoms with Crippen molar-refractivity contribution in [2.45, 2.75) is 44.1 Å². The number of carbonyl (C=O) groups excluding carboxylic acids is 2. The number of hydrogen-bond acceptors (Lipinski definition) is 4. The number of likely N-dealkylation sites (tertiary alicyclic amines) is 1. The molecule has 1 aliphatic heterocycles. The number of nitrogens with zero attached hydrogens (tertiary/aromatic N) is 3. The Balaban J connectivity index is 1.18. The molecule has 3 fully saturated rings. The predicted molar refractivity (Wildman–Crippen MR) is 104 cm³/mol. The fourth-order valence-electron chi connectivity index (χ4n) is 6.06. The Kier molecular flexibility index (Phi) is 3.49. The third-order valence-corrected chi connectivity index (χ3v) is 7.44. The van der Waals surface area contributed by atoms with Gasteiger partial charge in [0.15, 0.2) is 0 Å². The Morgan fingerprint density at radius 2 is 1.57 bits per heavy atom. The van der Waals surface area contributed by atoms with Gasteiger partial charge in [-0.15, -0.1) is 0 Å². The fourth-order valence-corrected chi connectivity index (χ4v) is 6.06. The quantitative estimate of drug-likeness (QED) is 0.597. The molecule has 0 spiro atoms. The van der Waals surface area contributed by atoms with Crippen LogP contribution in [0.2, 0.25) is 0 Å². The minimum atomic E-state index is -0.0796. The van der Waals surface area contributed by atoms with Crippen molar-refractivity contribution >= 4 is 22.7 Å². The van der Waals surface area contributed by atoms with Gasteiger partial charge < -0.3 is 0 Å². The Bertz CT molecular complexity index is 978. The highest BCUT2D eigenvalue weighted by Gasteiger charge is 2.60. The van der Waals surface area contributed by atoms with Crippen LogP contribution in [0.3, 0.4) is 0 Å². The van der Waals surface area contributed by atoms with E-state index in [2.05, 4.69) is 17.1 Å². The van der Waals surface area contributed by atoms with Crippen LogP contribution in [0.25, 0.3) is 10.9 Å². The van der Waals surface area contributed by atoms with E-state index in [9.17, 15) is 9.59 Å². The summed E-state index contributed by atoms with van der Waals surface area (Å²) in [7, 11) is 0. The van der Waals surface area contributed by atoms with Gasteiger partial charge in [0.1, 0.15) is 5.82 Å². The molecule has 2 aromatic rings. The van der Waals surface area contributed by atoms with Gasteiger partial charge in [-0.05, 0) is 50.0 Å². The van der Waals surface area contributed by atoms with Crippen molar-refractivity contribution < 1.29 is 9.59 Å². The number of fused-ring (bicyclic) bond motifs is 6. The zero-order valence-electron chi connectivity index (χ0n) is 15.7. The molecule has 0 N–H and O–H groups in total. The Morgan fingerprint density at radius 3 is 2.29 bits per heavy atom. The molecule has 5 heteroatoms. The summed E-state index contributed by atoms with van der Waals surface area (Å²) in [6.45, 7) is 0. The van der Waals surface area contributed by atoms with Crippen LogP contribution in [0, 0.1) is 23.7 Å². The van der Waals surface area contributed by atoms with Crippen LogP contribution in [0.4, 0.5) is 0 Å². The molecule has 2 bridgehead atoms. The maximum atomic E-state index is 13.0. The zero-order chi connectivity index (χ0) is 18.8. The van der Waals surface area contributed by atoms with E-state index in [0.717, 1.165) is 48.8 Å². The van der Waals surface area contributed by atoms with Gasteiger partial charge in [-0.25, -0.2) is 9.97 Å². The van der Waals surface area contributed by atoms with Crippen molar-refractivity contribution in [2.75, 3.05) is 0 Å². The SMILES string of the molecule is O=C1[C@@H]2[C@H](C(=O)N1C1CCC(c3ncc4ccccc4n3)CC1)[C@H]1C=C[C@H]2C1. The number of rotatable bonds is 2. The van der Waals surface area contributed by atoms with Crippen LogP contribution in [-0.2, 0) is 9.59 Å². The van der Waals surface area contributed by atoms with E-state index >= 15 is 0 Å². The second-order valence-electron chi connectivity index (χ2n) is 8.84. The summed E-state index contributed by atoms with van der Waals surface area (Å²) in [6.07, 6.45) is 10.8. The molecule has 2 saturated carbocycles. The second-order valence-corrected chi connectivity index (χ2v) is 8.84. The first kappa shape index (κ1) is 16.4. The van der Waals surface area contributed by atoms with Gasteiger partial charge >= 0.3 is 0 Å². The van der Waals surface area contributed by atoms with Crippen molar-refractivity contribution in [1.29, 1.82) is 0 Å². The largest absolute Gasteiger partial charge is 0.279 e. The maximum Gasteiger partial charge on any atom is 0.233 e. The third kappa shape index (κ3) is 2.25. The van der Waals surface area contributed by atoms with Crippen molar-refractivity contribution in [2.24, 2.45) is 23.7 Å². The van der Waals surface area contributed by atoms with E-state index in [-0.39, 0.29) is 29.7 Å². The summed E-state index contributed by atoms with van der Waals surface area (Å²) in [4.78, 5) is 37.1. The van der Waals surface area contributed by atoms with Gasteiger partial charge in [-0.2, -0.15) is 0 Å². The summed E-state index contributed by atoms with van der Waals surface area (Å²) < 4.78 is 0. The van der Waals surface area contributed by atoms with E-state index in [0.29, 0.717) is 17.8 Å². The smallest absolute Gasteiger partial charge is 0.233 e. The highest BCUT2D eigenvalue weighted by Crippen LogP contribution is 2.53. The van der Waals surface area contributed by atoms with E-state index in [1.165, 1.54) is 0 Å². The molecule has 28 heavy (non-hydrogen) atoms. The lowest BCUT2D eigenvalue weighted by molar-refractivity contribution is -0.144. The number of para-hydroxylation sites is 1. The van der Waals surface area contributed by atoms with Crippen molar-refractivity contribution in [1.82, 2.24) is 14.9 Å². The van der Waals surface area contributed by atoms with Crippen LogP contribution in [0.1, 0.15) is 43.8 Å². The molecule has 0 radical (unpaired) electrons. The highest BCUT2D eigenvalue weighted by molar-refractivity contribution is 6.06. The van der Waals surface area contributed by atoms with E-state index < -0.39 is 0 Å². The molecule has 3 aliphatic carbocycles. The molecule has 2 heterocycles. The summed E-state index contributed by atoms with van der Waals surface area (Å²) >= 11 is 0. The third-order valence-electron chi connectivity index (χ3n) is 7.44. The van der Waals surface area contributed by atoms with Crippen LogP contribution in [-0.4, -0.2) is 32.7 Å². The first-order valence-electron chi connectivity index (χ1n) is 10.5. The number of carbonyl (C=O) groups is 2. The molecule has 4 atom stereocenters. The van der Waals surface area contributed by atoms with E-state index in [1.807, 2.05) is 30.5 Å². The van der Waals surface area contributed by atoms with Crippen molar-refractivity contribution in [3.63, 3.8) is 0 Å². The number of benzene rings is 1. The van der Waals surface area contributed by atoms with Crippen LogP contribution in [0.5, 0.6) is 0 Å². The molecule has 1 aromatic carbocycles. The number of amides is 2. The average Bonchev–Trinajstić information content (AvgIpc) is 3.42. The van der Waals surface area contributed by atoms with E-state index in [4.69, 9.17) is 4.98 Å². The molecular formula is C23H23N3O2. The predicted octanol–water partition coefficient (Wildman–Crippen LogP) is 3.46. The lowest BCUT2D eigenvalue weighted by Crippen LogP contribution is -2.43. The Labute approximate surface area is 163 Å². The number of aromatic nitrogens is 2. The number of allylic oxidation sites excluding steroid dienone is 2. The summed E-state index contributed by atoms with van der Waals surface area (Å²) in [5, 5.41) is 1.06. The molecule has 0 unspecified atom stereocenters. The van der Waals surface area contributed by atoms with Gasteiger partial charge in [0.05, 0.1) is 17.4 Å². The average molecular weight is 373 g/mol. The van der Waals surface area contributed by atoms with Crippen molar-refractivity contribution in [3.8, 4) is 0 Å². The van der Waals surface area contributed by atoms with Gasteiger partial charge in [-0.3, -0.25) is 14.5 Å². The second kappa shape index (κ2) is 5.97. The molecule has 4 aliphatic rings. The monoisotopic (exact) mass is 373 g/mol.